The molecule has 8 heteroatoms. The summed E-state index contributed by atoms with van der Waals surface area (Å²) in [6.45, 7) is 0. The van der Waals surface area contributed by atoms with Gasteiger partial charge in [0.15, 0.2) is 0 Å². The molecule has 112 valence electrons. The fourth-order valence-electron chi connectivity index (χ4n) is 1.88. The van der Waals surface area contributed by atoms with Crippen molar-refractivity contribution in [2.45, 2.75) is 0 Å². The van der Waals surface area contributed by atoms with Crippen LogP contribution in [-0.2, 0) is 0 Å². The Morgan fingerprint density at radius 1 is 0.957 bits per heavy atom. The molecule has 0 spiro atoms. The molecule has 0 heterocycles. The van der Waals surface area contributed by atoms with E-state index in [0.717, 1.165) is 5.56 Å². The van der Waals surface area contributed by atoms with E-state index in [0.29, 0.717) is 11.3 Å². The van der Waals surface area contributed by atoms with Gasteiger partial charge in [-0.25, -0.2) is 4.79 Å². The van der Waals surface area contributed by atoms with Crippen molar-refractivity contribution in [2.75, 3.05) is 0 Å². The molecule has 0 fully saturated rings. The second-order valence-electron chi connectivity index (χ2n) is 4.38. The number of nitrogens with zero attached hydrogens (tertiary/aromatic N) is 6. The molecule has 0 aliphatic heterocycles. The molecule has 0 saturated carbocycles. The van der Waals surface area contributed by atoms with Crippen LogP contribution in [0.2, 0.25) is 0 Å². The molecule has 1 N–H and O–H groups in total. The van der Waals surface area contributed by atoms with E-state index in [4.69, 9.17) is 11.1 Å². The van der Waals surface area contributed by atoms with Gasteiger partial charge < -0.3 is 5.11 Å². The van der Waals surface area contributed by atoms with Crippen molar-refractivity contribution in [2.24, 2.45) is 10.2 Å². The maximum Gasteiger partial charge on any atom is 0.336 e. The quantitative estimate of drug-likeness (QED) is 0.340. The second-order valence-corrected chi connectivity index (χ2v) is 4.38. The topological polar surface area (TPSA) is 135 Å². The van der Waals surface area contributed by atoms with E-state index in [1.54, 1.807) is 42.5 Å². The number of aromatic carboxylic acids is 1. The summed E-state index contributed by atoms with van der Waals surface area (Å²) in [6, 6.07) is 11.2. The highest BCUT2D eigenvalue weighted by molar-refractivity contribution is 5.94. The van der Waals surface area contributed by atoms with Gasteiger partial charge in [0.05, 0.1) is 5.56 Å². The molecule has 0 unspecified atom stereocenters. The first-order valence-corrected chi connectivity index (χ1v) is 6.40. The number of hydrogen-bond acceptors (Lipinski definition) is 3. The van der Waals surface area contributed by atoms with Crippen molar-refractivity contribution in [1.29, 1.82) is 0 Å². The van der Waals surface area contributed by atoms with Gasteiger partial charge in [-0.15, -0.1) is 0 Å². The zero-order valence-electron chi connectivity index (χ0n) is 11.7. The van der Waals surface area contributed by atoms with E-state index < -0.39 is 5.97 Å². The summed E-state index contributed by atoms with van der Waals surface area (Å²) in [7, 11) is 0. The van der Waals surface area contributed by atoms with Crippen molar-refractivity contribution in [3.63, 3.8) is 0 Å². The smallest absolute Gasteiger partial charge is 0.336 e. The Labute approximate surface area is 130 Å². The van der Waals surface area contributed by atoms with Gasteiger partial charge in [-0.05, 0) is 28.3 Å². The van der Waals surface area contributed by atoms with Crippen LogP contribution in [0.4, 0.5) is 11.4 Å². The molecule has 0 saturated heterocycles. The molecule has 2 aromatic carbocycles. The number of azide groups is 2. The average Bonchev–Trinajstić information content (AvgIpc) is 2.55. The van der Waals surface area contributed by atoms with Crippen LogP contribution in [0.3, 0.4) is 0 Å². The zero-order valence-corrected chi connectivity index (χ0v) is 11.7. The summed E-state index contributed by atoms with van der Waals surface area (Å²) in [4.78, 5) is 16.6. The van der Waals surface area contributed by atoms with E-state index in [-0.39, 0.29) is 11.3 Å². The average molecular weight is 306 g/mol. The third kappa shape index (κ3) is 4.12. The summed E-state index contributed by atoms with van der Waals surface area (Å²) >= 11 is 0. The summed E-state index contributed by atoms with van der Waals surface area (Å²) in [5.41, 5.74) is 18.8. The number of benzene rings is 2. The first kappa shape index (κ1) is 15.7. The summed E-state index contributed by atoms with van der Waals surface area (Å²) < 4.78 is 0. The Bertz CT molecular complexity index is 860. The Kier molecular flexibility index (Phi) is 4.99. The van der Waals surface area contributed by atoms with Gasteiger partial charge in [-0.1, -0.05) is 58.8 Å². The van der Waals surface area contributed by atoms with Crippen LogP contribution < -0.4 is 0 Å². The molecule has 0 atom stereocenters. The van der Waals surface area contributed by atoms with Gasteiger partial charge in [0.25, 0.3) is 0 Å². The molecule has 0 bridgehead atoms. The van der Waals surface area contributed by atoms with Gasteiger partial charge in [0.1, 0.15) is 0 Å². The van der Waals surface area contributed by atoms with Crippen LogP contribution in [0.5, 0.6) is 0 Å². The standard InChI is InChI=1S/C15H10N6O2/c16-20-18-12-6-2-10(3-7-12)1-4-11-5-8-13(19-21-17)9-14(11)15(22)23/h1-9H,(H,22,23)/b4-1+. The summed E-state index contributed by atoms with van der Waals surface area (Å²) in [5.74, 6) is -1.11. The Morgan fingerprint density at radius 2 is 1.57 bits per heavy atom. The lowest BCUT2D eigenvalue weighted by molar-refractivity contribution is 0.0696. The minimum Gasteiger partial charge on any atom is -0.478 e. The molecule has 0 amide bonds. The van der Waals surface area contributed by atoms with Crippen LogP contribution in [0.15, 0.2) is 52.7 Å². The van der Waals surface area contributed by atoms with Crippen molar-refractivity contribution < 1.29 is 9.90 Å². The monoisotopic (exact) mass is 306 g/mol. The molecule has 2 aromatic rings. The third-order valence-electron chi connectivity index (χ3n) is 2.94. The summed E-state index contributed by atoms with van der Waals surface area (Å²) in [5, 5.41) is 16.1. The van der Waals surface area contributed by atoms with E-state index >= 15 is 0 Å². The van der Waals surface area contributed by atoms with Gasteiger partial charge in [-0.2, -0.15) is 0 Å². The number of rotatable bonds is 5. The lowest BCUT2D eigenvalue weighted by Crippen LogP contribution is -1.98. The predicted molar refractivity (Wildman–Crippen MR) is 86.4 cm³/mol. The number of carbonyl (C=O) groups is 1. The second kappa shape index (κ2) is 7.33. The Balaban J connectivity index is 2.32. The molecule has 0 aliphatic carbocycles. The fraction of sp³-hybridized carbons (Fsp3) is 0. The highest BCUT2D eigenvalue weighted by atomic mass is 16.4. The van der Waals surface area contributed by atoms with Gasteiger partial charge >= 0.3 is 5.97 Å². The first-order chi connectivity index (χ1) is 11.1. The number of carboxylic acids is 1. The third-order valence-corrected chi connectivity index (χ3v) is 2.94. The van der Waals surface area contributed by atoms with E-state index in [1.807, 2.05) is 0 Å². The number of hydrogen-bond donors (Lipinski definition) is 1. The van der Waals surface area contributed by atoms with E-state index in [2.05, 4.69) is 20.1 Å². The van der Waals surface area contributed by atoms with Gasteiger partial charge in [0, 0.05) is 21.2 Å². The molecule has 0 aromatic heterocycles. The van der Waals surface area contributed by atoms with Crippen molar-refractivity contribution in [3.05, 3.63) is 80.0 Å². The van der Waals surface area contributed by atoms with Crippen LogP contribution >= 0.6 is 0 Å². The minimum atomic E-state index is -1.11. The minimum absolute atomic E-state index is 0.0388. The highest BCUT2D eigenvalue weighted by Crippen LogP contribution is 2.21. The van der Waals surface area contributed by atoms with Crippen molar-refractivity contribution in [1.82, 2.24) is 0 Å². The molecular formula is C15H10N6O2. The summed E-state index contributed by atoms with van der Waals surface area (Å²) in [6.07, 6.45) is 3.38. The predicted octanol–water partition coefficient (Wildman–Crippen LogP) is 5.44. The normalized spacial score (nSPS) is 9.91. The van der Waals surface area contributed by atoms with E-state index in [9.17, 15) is 9.90 Å². The molecular weight excluding hydrogens is 296 g/mol. The van der Waals surface area contributed by atoms with Crippen LogP contribution in [0.1, 0.15) is 21.5 Å². The molecule has 0 aliphatic rings. The van der Waals surface area contributed by atoms with Crippen LogP contribution in [0.25, 0.3) is 33.0 Å². The largest absolute Gasteiger partial charge is 0.478 e. The molecule has 23 heavy (non-hydrogen) atoms. The van der Waals surface area contributed by atoms with Crippen molar-refractivity contribution in [3.8, 4) is 0 Å². The zero-order chi connectivity index (χ0) is 16.7. The van der Waals surface area contributed by atoms with E-state index in [1.165, 1.54) is 12.1 Å². The first-order valence-electron chi connectivity index (χ1n) is 6.40. The van der Waals surface area contributed by atoms with Crippen molar-refractivity contribution >= 4 is 29.5 Å². The van der Waals surface area contributed by atoms with Gasteiger partial charge in [0.2, 0.25) is 0 Å². The lowest BCUT2D eigenvalue weighted by atomic mass is 10.0. The maximum atomic E-state index is 11.3. The maximum absolute atomic E-state index is 11.3. The van der Waals surface area contributed by atoms with Crippen LogP contribution in [0, 0.1) is 0 Å². The van der Waals surface area contributed by atoms with Crippen LogP contribution in [-0.4, -0.2) is 11.1 Å². The van der Waals surface area contributed by atoms with Gasteiger partial charge in [-0.3, -0.25) is 0 Å². The lowest BCUT2D eigenvalue weighted by Gasteiger charge is -2.02. The molecule has 8 nitrogen and oxygen atoms in total. The Morgan fingerprint density at radius 3 is 2.17 bits per heavy atom. The molecule has 2 rings (SSSR count). The number of carboxylic acid groups (broad SMARTS) is 1. The fourth-order valence-corrected chi connectivity index (χ4v) is 1.88. The Hall–Kier alpha value is -3.73. The highest BCUT2D eigenvalue weighted by Gasteiger charge is 2.08. The molecule has 0 radical (unpaired) electrons. The SMILES string of the molecule is [N-]=[N+]=Nc1ccc(/C=C/c2ccc(N=[N+]=[N-])cc2C(=O)O)cc1.